The van der Waals surface area contributed by atoms with Gasteiger partial charge in [0, 0.05) is 19.2 Å². The Labute approximate surface area is 120 Å². The Balaban J connectivity index is 2.35. The van der Waals surface area contributed by atoms with Crippen molar-refractivity contribution in [2.24, 2.45) is 0 Å². The van der Waals surface area contributed by atoms with Gasteiger partial charge in [-0.05, 0) is 6.42 Å². The van der Waals surface area contributed by atoms with E-state index in [9.17, 15) is 23.3 Å². The van der Waals surface area contributed by atoms with Crippen molar-refractivity contribution in [1.82, 2.24) is 4.98 Å². The maximum Gasteiger partial charge on any atom is 0.342 e. The Kier molecular flexibility index (Phi) is 3.81. The van der Waals surface area contributed by atoms with Crippen molar-refractivity contribution in [3.63, 3.8) is 0 Å². The van der Waals surface area contributed by atoms with Gasteiger partial charge in [-0.3, -0.25) is 10.1 Å². The van der Waals surface area contributed by atoms with E-state index in [4.69, 9.17) is 5.11 Å². The second kappa shape index (κ2) is 5.28. The first kappa shape index (κ1) is 15.2. The van der Waals surface area contributed by atoms with Gasteiger partial charge in [0.05, 0.1) is 16.4 Å². The van der Waals surface area contributed by atoms with E-state index in [0.29, 0.717) is 6.42 Å². The summed E-state index contributed by atoms with van der Waals surface area (Å²) in [5, 5.41) is 19.8. The summed E-state index contributed by atoms with van der Waals surface area (Å²) in [6, 6.07) is 0.774. The summed E-state index contributed by atoms with van der Waals surface area (Å²) in [5.41, 5.74) is -1.07. The molecule has 114 valence electrons. The van der Waals surface area contributed by atoms with Crippen molar-refractivity contribution in [3.8, 4) is 0 Å². The molecule has 0 saturated carbocycles. The van der Waals surface area contributed by atoms with Gasteiger partial charge in [0.25, 0.3) is 0 Å². The number of aromatic carboxylic acids is 1. The van der Waals surface area contributed by atoms with Crippen LogP contribution in [0.3, 0.4) is 0 Å². The smallest absolute Gasteiger partial charge is 0.342 e. The van der Waals surface area contributed by atoms with Gasteiger partial charge in [-0.1, -0.05) is 0 Å². The molecule has 1 unspecified atom stereocenters. The molecule has 0 aromatic carbocycles. The number of rotatable bonds is 4. The number of carboxylic acid groups (broad SMARTS) is 1. The molecule has 0 amide bonds. The van der Waals surface area contributed by atoms with Crippen molar-refractivity contribution in [3.05, 3.63) is 27.9 Å². The number of nitro groups is 1. The number of carbonyl (C=O) groups is 1. The Morgan fingerprint density at radius 3 is 2.71 bits per heavy atom. The highest BCUT2D eigenvalue weighted by Crippen LogP contribution is 2.25. The zero-order chi connectivity index (χ0) is 15.8. The first-order valence-electron chi connectivity index (χ1n) is 6.02. The molecule has 1 aromatic rings. The fourth-order valence-corrected chi connectivity index (χ4v) is 3.99. The number of pyridine rings is 1. The summed E-state index contributed by atoms with van der Waals surface area (Å²) in [6.45, 7) is 0. The lowest BCUT2D eigenvalue weighted by Crippen LogP contribution is -2.33. The number of carboxylic acids is 1. The predicted molar refractivity (Wildman–Crippen MR) is 73.3 cm³/mol. The number of aromatic nitrogens is 1. The molecule has 1 fully saturated rings. The molecule has 2 rings (SSSR count). The van der Waals surface area contributed by atoms with E-state index in [2.05, 4.69) is 4.98 Å². The summed E-state index contributed by atoms with van der Waals surface area (Å²) in [5.74, 6) is -1.20. The van der Waals surface area contributed by atoms with Crippen molar-refractivity contribution in [2.45, 2.75) is 12.5 Å². The molecule has 0 spiro atoms. The molecule has 2 heterocycles. The van der Waals surface area contributed by atoms with Crippen LogP contribution < -0.4 is 4.90 Å². The van der Waals surface area contributed by atoms with E-state index in [1.165, 1.54) is 0 Å². The Bertz CT molecular complexity index is 702. The number of anilines is 1. The van der Waals surface area contributed by atoms with Crippen molar-refractivity contribution < 1.29 is 23.2 Å². The second-order valence-corrected chi connectivity index (χ2v) is 7.02. The Hall–Kier alpha value is -2.23. The van der Waals surface area contributed by atoms with Gasteiger partial charge in [0.1, 0.15) is 17.6 Å². The Morgan fingerprint density at radius 2 is 2.24 bits per heavy atom. The zero-order valence-electron chi connectivity index (χ0n) is 11.1. The van der Waals surface area contributed by atoms with E-state index in [-0.39, 0.29) is 23.4 Å². The van der Waals surface area contributed by atoms with Crippen LogP contribution in [0, 0.1) is 10.1 Å². The molecule has 0 aliphatic carbocycles. The number of hydrogen-bond donors (Lipinski definition) is 1. The average Bonchev–Trinajstić information content (AvgIpc) is 2.77. The van der Waals surface area contributed by atoms with E-state index < -0.39 is 32.0 Å². The van der Waals surface area contributed by atoms with Crippen LogP contribution in [0.4, 0.5) is 11.5 Å². The molecule has 10 heteroatoms. The topological polar surface area (TPSA) is 131 Å². The first-order chi connectivity index (χ1) is 9.71. The molecule has 1 N–H and O–H groups in total. The van der Waals surface area contributed by atoms with Gasteiger partial charge < -0.3 is 10.0 Å². The lowest BCUT2D eigenvalue weighted by atomic mass is 10.2. The van der Waals surface area contributed by atoms with Crippen molar-refractivity contribution in [1.29, 1.82) is 0 Å². The molecule has 1 saturated heterocycles. The highest BCUT2D eigenvalue weighted by Gasteiger charge is 2.32. The molecule has 1 atom stereocenters. The third-order valence-electron chi connectivity index (χ3n) is 3.41. The number of hydrogen-bond acceptors (Lipinski definition) is 7. The molecule has 9 nitrogen and oxygen atoms in total. The van der Waals surface area contributed by atoms with Crippen molar-refractivity contribution >= 4 is 27.3 Å². The maximum atomic E-state index is 11.5. The lowest BCUT2D eigenvalue weighted by Gasteiger charge is -2.24. The van der Waals surface area contributed by atoms with Crippen molar-refractivity contribution in [2.75, 3.05) is 23.5 Å². The summed E-state index contributed by atoms with van der Waals surface area (Å²) < 4.78 is 22.9. The first-order valence-corrected chi connectivity index (χ1v) is 7.84. The fraction of sp³-hybridized carbons (Fsp3) is 0.455. The van der Waals surface area contributed by atoms with Gasteiger partial charge in [-0.2, -0.15) is 0 Å². The largest absolute Gasteiger partial charge is 0.477 e. The van der Waals surface area contributed by atoms with Crippen LogP contribution in [0.2, 0.25) is 0 Å². The quantitative estimate of drug-likeness (QED) is 0.620. The average molecular weight is 315 g/mol. The van der Waals surface area contributed by atoms with Crippen LogP contribution in [0.5, 0.6) is 0 Å². The van der Waals surface area contributed by atoms with E-state index in [1.54, 1.807) is 11.9 Å². The second-order valence-electron chi connectivity index (χ2n) is 4.79. The van der Waals surface area contributed by atoms with Crippen LogP contribution in [0.1, 0.15) is 16.8 Å². The van der Waals surface area contributed by atoms with E-state index >= 15 is 0 Å². The van der Waals surface area contributed by atoms with Crippen LogP contribution >= 0.6 is 0 Å². The van der Waals surface area contributed by atoms with Crippen LogP contribution in [-0.2, 0) is 9.84 Å². The minimum atomic E-state index is -3.09. The molecule has 21 heavy (non-hydrogen) atoms. The van der Waals surface area contributed by atoms with Gasteiger partial charge in [-0.25, -0.2) is 18.2 Å². The molecule has 0 radical (unpaired) electrons. The van der Waals surface area contributed by atoms with Gasteiger partial charge >= 0.3 is 11.7 Å². The fourth-order valence-electron chi connectivity index (χ4n) is 2.21. The van der Waals surface area contributed by atoms with Gasteiger partial charge in [0.15, 0.2) is 9.84 Å². The summed E-state index contributed by atoms with van der Waals surface area (Å²) in [6.07, 6.45) is 1.29. The molecule has 1 aliphatic heterocycles. The third-order valence-corrected chi connectivity index (χ3v) is 5.16. The minimum Gasteiger partial charge on any atom is -0.477 e. The molecule has 1 aromatic heterocycles. The van der Waals surface area contributed by atoms with Crippen LogP contribution in [-0.4, -0.2) is 54.0 Å². The summed E-state index contributed by atoms with van der Waals surface area (Å²) >= 11 is 0. The summed E-state index contributed by atoms with van der Waals surface area (Å²) in [7, 11) is -1.50. The highest BCUT2D eigenvalue weighted by atomic mass is 32.2. The lowest BCUT2D eigenvalue weighted by molar-refractivity contribution is -0.385. The number of sulfone groups is 1. The standard InChI is InChI=1S/C11H13N3O6S/c1-13(7-2-3-21(19,20)6-7)10-4-8(11(15)16)9(5-12-10)14(17)18/h4-5,7H,2-3,6H2,1H3,(H,15,16). The van der Waals surface area contributed by atoms with Crippen LogP contribution in [0.25, 0.3) is 0 Å². The van der Waals surface area contributed by atoms with Crippen LogP contribution in [0.15, 0.2) is 12.3 Å². The molecular weight excluding hydrogens is 302 g/mol. The normalized spacial score (nSPS) is 20.1. The predicted octanol–water partition coefficient (Wildman–Crippen LogP) is 0.311. The Morgan fingerprint density at radius 1 is 1.57 bits per heavy atom. The van der Waals surface area contributed by atoms with Gasteiger partial charge in [-0.15, -0.1) is 0 Å². The van der Waals surface area contributed by atoms with E-state index in [1.807, 2.05) is 0 Å². The molecule has 1 aliphatic rings. The summed E-state index contributed by atoms with van der Waals surface area (Å²) in [4.78, 5) is 26.4. The van der Waals surface area contributed by atoms with E-state index in [0.717, 1.165) is 12.3 Å². The molecule has 0 bridgehead atoms. The number of nitrogens with zero attached hydrogens (tertiary/aromatic N) is 3. The molecular formula is C11H13N3O6S. The SMILES string of the molecule is CN(c1cc(C(=O)O)c([N+](=O)[O-])cn1)C1CCS(=O)(=O)C1. The highest BCUT2D eigenvalue weighted by molar-refractivity contribution is 7.91. The minimum absolute atomic E-state index is 0.0371. The monoisotopic (exact) mass is 315 g/mol. The zero-order valence-corrected chi connectivity index (χ0v) is 11.9. The third kappa shape index (κ3) is 3.10. The van der Waals surface area contributed by atoms with Gasteiger partial charge in [0.2, 0.25) is 0 Å². The maximum absolute atomic E-state index is 11.5.